The normalized spacial score (nSPS) is 11.7. The first kappa shape index (κ1) is 14.7. The Morgan fingerprint density at radius 2 is 1.95 bits per heavy atom. The van der Waals surface area contributed by atoms with Gasteiger partial charge in [0.25, 0.3) is 0 Å². The maximum atomic E-state index is 11.4. The second-order valence-electron chi connectivity index (χ2n) is 4.42. The van der Waals surface area contributed by atoms with Gasteiger partial charge < -0.3 is 4.42 Å². The number of hydrogen-bond donors (Lipinski definition) is 1. The van der Waals surface area contributed by atoms with Crippen molar-refractivity contribution in [3.05, 3.63) is 42.0 Å². The fraction of sp³-hybridized carbons (Fsp3) is 0.357. The number of rotatable bonds is 6. The van der Waals surface area contributed by atoms with Gasteiger partial charge in [0.05, 0.1) is 5.75 Å². The number of oxazole rings is 1. The lowest BCUT2D eigenvalue weighted by atomic mass is 10.1. The maximum Gasteiger partial charge on any atom is 0.211 e. The van der Waals surface area contributed by atoms with E-state index < -0.39 is 10.0 Å². The summed E-state index contributed by atoms with van der Waals surface area (Å²) in [4.78, 5) is 4.37. The first-order chi connectivity index (χ1) is 9.52. The third kappa shape index (κ3) is 3.68. The number of sulfonamides is 1. The van der Waals surface area contributed by atoms with Crippen LogP contribution in [-0.4, -0.2) is 25.7 Å². The van der Waals surface area contributed by atoms with Crippen LogP contribution in [0.3, 0.4) is 0 Å². The standard InChI is InChI=1S/C14H18N2O3S/c1-3-20(17,18)15-10-9-13-14(16-11(2)19-13)12-7-5-4-6-8-12/h4-8,15H,3,9-10H2,1-2H3. The van der Waals surface area contributed by atoms with Crippen molar-refractivity contribution in [1.82, 2.24) is 9.71 Å². The molecule has 1 aromatic carbocycles. The molecule has 5 nitrogen and oxygen atoms in total. The number of nitrogens with zero attached hydrogens (tertiary/aromatic N) is 1. The topological polar surface area (TPSA) is 72.2 Å². The van der Waals surface area contributed by atoms with Crippen LogP contribution in [0.2, 0.25) is 0 Å². The number of aryl methyl sites for hydroxylation is 1. The molecule has 0 saturated carbocycles. The third-order valence-corrected chi connectivity index (χ3v) is 4.31. The minimum atomic E-state index is -3.17. The molecule has 1 aromatic heterocycles. The molecule has 0 aliphatic heterocycles. The van der Waals surface area contributed by atoms with Gasteiger partial charge in [0.2, 0.25) is 10.0 Å². The van der Waals surface area contributed by atoms with E-state index in [0.717, 1.165) is 11.3 Å². The minimum Gasteiger partial charge on any atom is -0.445 e. The zero-order valence-electron chi connectivity index (χ0n) is 11.6. The Bertz CT molecular complexity index is 663. The zero-order chi connectivity index (χ0) is 14.6. The van der Waals surface area contributed by atoms with Crippen LogP contribution < -0.4 is 4.72 Å². The summed E-state index contributed by atoms with van der Waals surface area (Å²) in [5, 5.41) is 0. The third-order valence-electron chi connectivity index (χ3n) is 2.91. The smallest absolute Gasteiger partial charge is 0.211 e. The summed E-state index contributed by atoms with van der Waals surface area (Å²) < 4.78 is 30.9. The molecule has 0 fully saturated rings. The Morgan fingerprint density at radius 1 is 1.25 bits per heavy atom. The van der Waals surface area contributed by atoms with E-state index in [0.29, 0.717) is 24.6 Å². The molecular formula is C14H18N2O3S. The average Bonchev–Trinajstić information content (AvgIpc) is 2.81. The summed E-state index contributed by atoms with van der Waals surface area (Å²) in [6, 6.07) is 9.71. The number of nitrogens with one attached hydrogen (secondary N) is 1. The molecule has 108 valence electrons. The number of hydrogen-bond acceptors (Lipinski definition) is 4. The number of aromatic nitrogens is 1. The highest BCUT2D eigenvalue weighted by atomic mass is 32.2. The molecule has 2 aromatic rings. The van der Waals surface area contributed by atoms with Crippen molar-refractivity contribution in [1.29, 1.82) is 0 Å². The largest absolute Gasteiger partial charge is 0.445 e. The van der Waals surface area contributed by atoms with Crippen LogP contribution in [0, 0.1) is 6.92 Å². The van der Waals surface area contributed by atoms with Gasteiger partial charge in [-0.1, -0.05) is 30.3 Å². The summed E-state index contributed by atoms with van der Waals surface area (Å²) in [5.74, 6) is 1.36. The Balaban J connectivity index is 2.13. The molecule has 6 heteroatoms. The highest BCUT2D eigenvalue weighted by Crippen LogP contribution is 2.23. The van der Waals surface area contributed by atoms with Gasteiger partial charge in [-0.15, -0.1) is 0 Å². The Labute approximate surface area is 119 Å². The molecule has 0 spiro atoms. The first-order valence-electron chi connectivity index (χ1n) is 6.51. The van der Waals surface area contributed by atoms with Crippen LogP contribution in [0.5, 0.6) is 0 Å². The van der Waals surface area contributed by atoms with Gasteiger partial charge in [-0.05, 0) is 6.92 Å². The van der Waals surface area contributed by atoms with Gasteiger partial charge in [0, 0.05) is 25.5 Å². The average molecular weight is 294 g/mol. The second kappa shape index (κ2) is 6.19. The van der Waals surface area contributed by atoms with Gasteiger partial charge in [-0.3, -0.25) is 0 Å². The molecule has 0 saturated heterocycles. The van der Waals surface area contributed by atoms with Crippen molar-refractivity contribution in [2.24, 2.45) is 0 Å². The summed E-state index contributed by atoms with van der Waals surface area (Å²) in [6.07, 6.45) is 0.476. The molecular weight excluding hydrogens is 276 g/mol. The van der Waals surface area contributed by atoms with Gasteiger partial charge in [-0.2, -0.15) is 0 Å². The molecule has 1 heterocycles. The lowest BCUT2D eigenvalue weighted by Crippen LogP contribution is -2.27. The van der Waals surface area contributed by atoms with Crippen molar-refractivity contribution in [3.8, 4) is 11.3 Å². The highest BCUT2D eigenvalue weighted by Gasteiger charge is 2.14. The van der Waals surface area contributed by atoms with Crippen LogP contribution in [-0.2, 0) is 16.4 Å². The summed E-state index contributed by atoms with van der Waals surface area (Å²) in [5.41, 5.74) is 1.75. The lowest BCUT2D eigenvalue weighted by Gasteiger charge is -2.04. The highest BCUT2D eigenvalue weighted by molar-refractivity contribution is 7.89. The molecule has 0 radical (unpaired) electrons. The van der Waals surface area contributed by atoms with Crippen molar-refractivity contribution in [2.75, 3.05) is 12.3 Å². The maximum absolute atomic E-state index is 11.4. The van der Waals surface area contributed by atoms with Crippen molar-refractivity contribution in [3.63, 3.8) is 0 Å². The van der Waals surface area contributed by atoms with Crippen molar-refractivity contribution < 1.29 is 12.8 Å². The quantitative estimate of drug-likeness (QED) is 0.886. The van der Waals surface area contributed by atoms with Gasteiger partial charge in [0.1, 0.15) is 11.5 Å². The molecule has 1 N–H and O–H groups in total. The Kier molecular flexibility index (Phi) is 4.57. The van der Waals surface area contributed by atoms with E-state index in [1.807, 2.05) is 30.3 Å². The first-order valence-corrected chi connectivity index (χ1v) is 8.16. The van der Waals surface area contributed by atoms with E-state index >= 15 is 0 Å². The molecule has 0 amide bonds. The Morgan fingerprint density at radius 3 is 2.60 bits per heavy atom. The Hall–Kier alpha value is -1.66. The van der Waals surface area contributed by atoms with Gasteiger partial charge in [0.15, 0.2) is 5.89 Å². The monoisotopic (exact) mass is 294 g/mol. The van der Waals surface area contributed by atoms with E-state index in [1.165, 1.54) is 0 Å². The molecule has 20 heavy (non-hydrogen) atoms. The minimum absolute atomic E-state index is 0.0774. The fourth-order valence-corrected chi connectivity index (χ4v) is 2.50. The van der Waals surface area contributed by atoms with Crippen LogP contribution in [0.4, 0.5) is 0 Å². The summed E-state index contributed by atoms with van der Waals surface area (Å²) in [6.45, 7) is 3.70. The molecule has 2 rings (SSSR count). The van der Waals surface area contributed by atoms with Crippen LogP contribution in [0.15, 0.2) is 34.7 Å². The van der Waals surface area contributed by atoms with Crippen molar-refractivity contribution >= 4 is 10.0 Å². The van der Waals surface area contributed by atoms with E-state index in [4.69, 9.17) is 4.42 Å². The molecule has 0 unspecified atom stereocenters. The van der Waals surface area contributed by atoms with Crippen LogP contribution in [0.1, 0.15) is 18.6 Å². The SMILES string of the molecule is CCS(=O)(=O)NCCc1oc(C)nc1-c1ccccc1. The van der Waals surface area contributed by atoms with E-state index in [9.17, 15) is 8.42 Å². The van der Waals surface area contributed by atoms with Crippen LogP contribution >= 0.6 is 0 Å². The molecule has 0 atom stereocenters. The second-order valence-corrected chi connectivity index (χ2v) is 6.51. The predicted molar refractivity (Wildman–Crippen MR) is 77.8 cm³/mol. The van der Waals surface area contributed by atoms with Crippen LogP contribution in [0.25, 0.3) is 11.3 Å². The zero-order valence-corrected chi connectivity index (χ0v) is 12.4. The molecule has 0 aliphatic carbocycles. The van der Waals surface area contributed by atoms with E-state index in [2.05, 4.69) is 9.71 Å². The summed E-state index contributed by atoms with van der Waals surface area (Å²) >= 11 is 0. The summed E-state index contributed by atoms with van der Waals surface area (Å²) in [7, 11) is -3.17. The van der Waals surface area contributed by atoms with E-state index in [-0.39, 0.29) is 5.75 Å². The lowest BCUT2D eigenvalue weighted by molar-refractivity contribution is 0.473. The number of benzene rings is 1. The molecule has 0 bridgehead atoms. The van der Waals surface area contributed by atoms with Gasteiger partial charge in [-0.25, -0.2) is 18.1 Å². The van der Waals surface area contributed by atoms with Gasteiger partial charge >= 0.3 is 0 Å². The van der Waals surface area contributed by atoms with Crippen molar-refractivity contribution in [2.45, 2.75) is 20.3 Å². The predicted octanol–water partition coefficient (Wildman–Crippen LogP) is 2.13. The molecule has 0 aliphatic rings. The fourth-order valence-electron chi connectivity index (χ4n) is 1.88. The van der Waals surface area contributed by atoms with E-state index in [1.54, 1.807) is 13.8 Å².